The number of allylic oxidation sites excluding steroid dienone is 9. The van der Waals surface area contributed by atoms with Crippen molar-refractivity contribution in [1.82, 2.24) is 0 Å². The van der Waals surface area contributed by atoms with Crippen LogP contribution in [0.25, 0.3) is 0 Å². The predicted molar refractivity (Wildman–Crippen MR) is 90.3 cm³/mol. The molecule has 1 heteroatoms. The number of hydrogen-bond donors (Lipinski definition) is 0. The summed E-state index contributed by atoms with van der Waals surface area (Å²) in [7, 11) is -0.433. The number of rotatable bonds is 5. The number of hydrogen-bond acceptors (Lipinski definition) is 0. The van der Waals surface area contributed by atoms with Gasteiger partial charge in [-0.05, 0) is 24.5 Å². The molecular weight excluding hydrogens is 259 g/mol. The van der Waals surface area contributed by atoms with E-state index in [-0.39, 0.29) is 0 Å². The molecule has 2 atom stereocenters. The fourth-order valence-electron chi connectivity index (χ4n) is 1.63. The molecule has 2 unspecified atom stereocenters. The van der Waals surface area contributed by atoms with Crippen LogP contribution in [0.2, 0.25) is 0 Å². The van der Waals surface area contributed by atoms with Crippen molar-refractivity contribution in [3.63, 3.8) is 0 Å². The monoisotopic (exact) mass is 276 g/mol. The predicted octanol–water partition coefficient (Wildman–Crippen LogP) is 4.66. The molecule has 0 saturated carbocycles. The molecular formula is C19H17P+. The van der Waals surface area contributed by atoms with E-state index < -0.39 is 7.55 Å². The first kappa shape index (κ1) is 15.8. The lowest BCUT2D eigenvalue weighted by Gasteiger charge is -2.03. The maximum Gasteiger partial charge on any atom is 0.166 e. The molecule has 0 fully saturated rings. The molecule has 0 aromatic rings. The second kappa shape index (κ2) is 10.7. The topological polar surface area (TPSA) is 0 Å². The van der Waals surface area contributed by atoms with Crippen LogP contribution in [0.3, 0.4) is 0 Å². The Morgan fingerprint density at radius 1 is 1.20 bits per heavy atom. The highest BCUT2D eigenvalue weighted by atomic mass is 31.1. The first-order chi connectivity index (χ1) is 9.88. The molecule has 1 aliphatic rings. The Bertz CT molecular complexity index is 638. The van der Waals surface area contributed by atoms with Crippen molar-refractivity contribution in [2.45, 2.75) is 12.1 Å². The lowest BCUT2D eigenvalue weighted by atomic mass is 10.2. The normalized spacial score (nSPS) is 17.0. The van der Waals surface area contributed by atoms with E-state index in [9.17, 15) is 0 Å². The van der Waals surface area contributed by atoms with Gasteiger partial charge in [-0.1, -0.05) is 54.8 Å². The van der Waals surface area contributed by atoms with Crippen LogP contribution >= 0.6 is 7.55 Å². The van der Waals surface area contributed by atoms with Crippen molar-refractivity contribution in [1.29, 1.82) is 0 Å². The van der Waals surface area contributed by atoms with Gasteiger partial charge in [-0.2, -0.15) is 0 Å². The average molecular weight is 276 g/mol. The molecule has 0 saturated heterocycles. The van der Waals surface area contributed by atoms with Crippen LogP contribution < -0.4 is 0 Å². The van der Waals surface area contributed by atoms with Crippen molar-refractivity contribution >= 4 is 13.0 Å². The summed E-state index contributed by atoms with van der Waals surface area (Å²) in [5, 5.41) is 0. The van der Waals surface area contributed by atoms with E-state index >= 15 is 0 Å². The summed E-state index contributed by atoms with van der Waals surface area (Å²) in [4.78, 5) is 0. The third kappa shape index (κ3) is 6.64. The van der Waals surface area contributed by atoms with Crippen LogP contribution in [0.5, 0.6) is 0 Å². The van der Waals surface area contributed by atoms with Gasteiger partial charge in [0.05, 0.1) is 0 Å². The SMILES string of the molecule is [CH]=C=C=C=C=C=[P+](C/C=C\C=C/C=C)C1C=CC=CC1. The van der Waals surface area contributed by atoms with E-state index in [0.717, 1.165) is 12.6 Å². The average Bonchev–Trinajstić information content (AvgIpc) is 2.50. The van der Waals surface area contributed by atoms with Gasteiger partial charge in [-0.25, -0.2) is 0 Å². The summed E-state index contributed by atoms with van der Waals surface area (Å²) in [5.74, 6) is 0. The van der Waals surface area contributed by atoms with E-state index in [0.29, 0.717) is 5.66 Å². The van der Waals surface area contributed by atoms with E-state index in [2.05, 4.69) is 65.3 Å². The lowest BCUT2D eigenvalue weighted by Crippen LogP contribution is -2.00. The minimum atomic E-state index is -0.433. The highest BCUT2D eigenvalue weighted by molar-refractivity contribution is 7.57. The van der Waals surface area contributed by atoms with Gasteiger partial charge in [0.15, 0.2) is 7.55 Å². The summed E-state index contributed by atoms with van der Waals surface area (Å²) in [5.41, 5.74) is 14.2. The van der Waals surface area contributed by atoms with Crippen LogP contribution in [-0.4, -0.2) is 17.3 Å². The second-order valence-electron chi connectivity index (χ2n) is 3.95. The summed E-state index contributed by atoms with van der Waals surface area (Å²) in [6.07, 6.45) is 20.5. The summed E-state index contributed by atoms with van der Waals surface area (Å²) in [6, 6.07) is 0. The standard InChI is InChI=1S/C19H17P/c1-3-5-7-9-14-18-20(17-13-8-6-4-2)19-15-11-10-12-16-19/h2-3,5,7,9-12,14-15,19H,1,16,18H2/q+1/b7-5-,14-9-. The van der Waals surface area contributed by atoms with Crippen molar-refractivity contribution in [3.05, 3.63) is 90.8 Å². The second-order valence-corrected chi connectivity index (χ2v) is 6.14. The van der Waals surface area contributed by atoms with Crippen molar-refractivity contribution in [3.8, 4) is 0 Å². The molecule has 0 amide bonds. The Morgan fingerprint density at radius 3 is 2.80 bits per heavy atom. The fourth-order valence-corrected chi connectivity index (χ4v) is 3.39. The van der Waals surface area contributed by atoms with E-state index in [1.165, 1.54) is 0 Å². The highest BCUT2D eigenvalue weighted by Crippen LogP contribution is 2.33. The third-order valence-electron chi connectivity index (χ3n) is 2.55. The molecule has 97 valence electrons. The molecule has 0 nitrogen and oxygen atoms in total. The molecule has 20 heavy (non-hydrogen) atoms. The molecule has 0 heterocycles. The Morgan fingerprint density at radius 2 is 2.10 bits per heavy atom. The van der Waals surface area contributed by atoms with Crippen LogP contribution in [-0.2, 0) is 0 Å². The summed E-state index contributed by atoms with van der Waals surface area (Å²) in [6.45, 7) is 8.72. The van der Waals surface area contributed by atoms with E-state index in [1.807, 2.05) is 18.2 Å². The van der Waals surface area contributed by atoms with Crippen molar-refractivity contribution in [2.75, 3.05) is 6.16 Å². The maximum absolute atomic E-state index is 5.08. The summed E-state index contributed by atoms with van der Waals surface area (Å²) < 4.78 is 0. The molecule has 0 spiro atoms. The van der Waals surface area contributed by atoms with Crippen molar-refractivity contribution < 1.29 is 0 Å². The van der Waals surface area contributed by atoms with Crippen molar-refractivity contribution in [2.24, 2.45) is 0 Å². The molecule has 0 bridgehead atoms. The van der Waals surface area contributed by atoms with Gasteiger partial charge in [-0.3, -0.25) is 0 Å². The third-order valence-corrected chi connectivity index (χ3v) is 4.74. The van der Waals surface area contributed by atoms with E-state index in [4.69, 9.17) is 6.58 Å². The lowest BCUT2D eigenvalue weighted by molar-refractivity contribution is 1.05. The zero-order valence-corrected chi connectivity index (χ0v) is 12.3. The summed E-state index contributed by atoms with van der Waals surface area (Å²) >= 11 is 0. The molecule has 0 aromatic carbocycles. The minimum absolute atomic E-state index is 0.433. The molecule has 0 aromatic heterocycles. The Hall–Kier alpha value is -2.23. The highest BCUT2D eigenvalue weighted by Gasteiger charge is 2.20. The zero-order chi connectivity index (χ0) is 14.5. The van der Waals surface area contributed by atoms with Gasteiger partial charge in [0.25, 0.3) is 0 Å². The fraction of sp³-hybridized carbons (Fsp3) is 0.158. The Balaban J connectivity index is 2.96. The van der Waals surface area contributed by atoms with Gasteiger partial charge in [0.2, 0.25) is 0 Å². The first-order valence-electron chi connectivity index (χ1n) is 6.39. The molecule has 1 radical (unpaired) electrons. The van der Waals surface area contributed by atoms with E-state index in [1.54, 1.807) is 6.08 Å². The van der Waals surface area contributed by atoms with Crippen LogP contribution in [0, 0.1) is 6.58 Å². The maximum atomic E-state index is 5.08. The van der Waals surface area contributed by atoms with Gasteiger partial charge < -0.3 is 0 Å². The molecule has 1 aliphatic carbocycles. The van der Waals surface area contributed by atoms with Gasteiger partial charge >= 0.3 is 0 Å². The molecule has 0 aliphatic heterocycles. The minimum Gasteiger partial charge on any atom is -0.0991 e. The Labute approximate surface area is 122 Å². The molecule has 0 N–H and O–H groups in total. The van der Waals surface area contributed by atoms with Gasteiger partial charge in [0, 0.05) is 17.9 Å². The smallest absolute Gasteiger partial charge is 0.0991 e. The quantitative estimate of drug-likeness (QED) is 0.389. The molecule has 1 rings (SSSR count). The van der Waals surface area contributed by atoms with Gasteiger partial charge in [-0.15, -0.1) is 0 Å². The zero-order valence-electron chi connectivity index (χ0n) is 11.4. The largest absolute Gasteiger partial charge is 0.166 e. The van der Waals surface area contributed by atoms with Crippen LogP contribution in [0.15, 0.2) is 84.2 Å². The Kier molecular flexibility index (Phi) is 8.44. The van der Waals surface area contributed by atoms with Crippen LogP contribution in [0.1, 0.15) is 6.42 Å². The first-order valence-corrected chi connectivity index (χ1v) is 7.98. The van der Waals surface area contributed by atoms with Gasteiger partial charge in [0.1, 0.15) is 17.3 Å². The van der Waals surface area contributed by atoms with Crippen LogP contribution in [0.4, 0.5) is 0 Å².